The van der Waals surface area contributed by atoms with Gasteiger partial charge in [0.2, 0.25) is 0 Å². The third kappa shape index (κ3) is 3.99. The van der Waals surface area contributed by atoms with E-state index in [1.54, 1.807) is 19.1 Å². The van der Waals surface area contributed by atoms with E-state index in [1.165, 1.54) is 44.2 Å². The molecular formula is C25H19ClFNO5S. The van der Waals surface area contributed by atoms with E-state index in [2.05, 4.69) is 0 Å². The minimum Gasteiger partial charge on any atom is -0.461 e. The van der Waals surface area contributed by atoms with Crippen molar-refractivity contribution in [3.05, 3.63) is 94.0 Å². The van der Waals surface area contributed by atoms with Crippen LogP contribution in [0, 0.1) is 19.7 Å². The fourth-order valence-corrected chi connectivity index (χ4v) is 5.71. The zero-order chi connectivity index (χ0) is 24.8. The van der Waals surface area contributed by atoms with E-state index in [1.807, 2.05) is 0 Å². The van der Waals surface area contributed by atoms with Crippen LogP contribution in [0.4, 0.5) is 10.1 Å². The Morgan fingerprint density at radius 1 is 1.00 bits per heavy atom. The Bertz CT molecular complexity index is 1580. The molecule has 0 aliphatic rings. The van der Waals surface area contributed by atoms with Crippen molar-refractivity contribution in [2.45, 2.75) is 25.7 Å². The van der Waals surface area contributed by atoms with Crippen molar-refractivity contribution < 1.29 is 26.8 Å². The average molecular weight is 500 g/mol. The Kier molecular flexibility index (Phi) is 6.05. The third-order valence-corrected chi connectivity index (χ3v) is 7.58. The molecule has 4 rings (SSSR count). The number of amides is 1. The maximum absolute atomic E-state index is 13.8. The van der Waals surface area contributed by atoms with Crippen LogP contribution in [0.1, 0.15) is 39.0 Å². The highest BCUT2D eigenvalue weighted by Crippen LogP contribution is 2.34. The molecular weight excluding hydrogens is 481 g/mol. The number of halogens is 2. The minimum atomic E-state index is -4.52. The Morgan fingerprint density at radius 2 is 1.71 bits per heavy atom. The van der Waals surface area contributed by atoms with E-state index >= 15 is 0 Å². The van der Waals surface area contributed by atoms with Gasteiger partial charge in [-0.3, -0.25) is 9.59 Å². The summed E-state index contributed by atoms with van der Waals surface area (Å²) in [6, 6.07) is 13.5. The summed E-state index contributed by atoms with van der Waals surface area (Å²) in [5.74, 6) is -1.41. The first kappa shape index (κ1) is 23.7. The van der Waals surface area contributed by atoms with Crippen LogP contribution in [0.25, 0.3) is 11.0 Å². The molecule has 0 unspecified atom stereocenters. The Hall–Kier alpha value is -3.49. The second-order valence-electron chi connectivity index (χ2n) is 7.73. The van der Waals surface area contributed by atoms with Gasteiger partial charge < -0.3 is 4.42 Å². The largest absolute Gasteiger partial charge is 0.461 e. The minimum absolute atomic E-state index is 0.0237. The van der Waals surface area contributed by atoms with Gasteiger partial charge in [-0.15, -0.1) is 0 Å². The Morgan fingerprint density at radius 3 is 2.35 bits per heavy atom. The number of hydrogen-bond donors (Lipinski definition) is 0. The summed E-state index contributed by atoms with van der Waals surface area (Å²) in [6.45, 7) is 4.43. The number of carbonyl (C=O) groups excluding carboxylic acids is 2. The number of furan rings is 1. The highest BCUT2D eigenvalue weighted by molar-refractivity contribution is 7.93. The van der Waals surface area contributed by atoms with Gasteiger partial charge in [-0.1, -0.05) is 23.7 Å². The van der Waals surface area contributed by atoms with Crippen LogP contribution in [0.2, 0.25) is 5.02 Å². The van der Waals surface area contributed by atoms with Crippen molar-refractivity contribution in [2.75, 3.05) is 4.31 Å². The number of fused-ring (bicyclic) bond motifs is 1. The number of hydrogen-bond acceptors (Lipinski definition) is 5. The molecule has 0 radical (unpaired) electrons. The first-order chi connectivity index (χ1) is 16.0. The van der Waals surface area contributed by atoms with Crippen LogP contribution in [0.15, 0.2) is 70.0 Å². The van der Waals surface area contributed by atoms with Gasteiger partial charge in [-0.25, -0.2) is 12.8 Å². The molecule has 0 saturated heterocycles. The van der Waals surface area contributed by atoms with Crippen LogP contribution < -0.4 is 4.31 Å². The van der Waals surface area contributed by atoms with Gasteiger partial charge in [0.15, 0.2) is 5.78 Å². The fourth-order valence-electron chi connectivity index (χ4n) is 3.88. The van der Waals surface area contributed by atoms with E-state index < -0.39 is 21.7 Å². The number of nitrogens with zero attached hydrogens (tertiary/aromatic N) is 1. The predicted molar refractivity (Wildman–Crippen MR) is 128 cm³/mol. The van der Waals surface area contributed by atoms with Crippen molar-refractivity contribution >= 4 is 50.0 Å². The van der Waals surface area contributed by atoms with Crippen molar-refractivity contribution in [1.29, 1.82) is 0 Å². The molecule has 0 saturated carbocycles. The zero-order valence-corrected chi connectivity index (χ0v) is 20.0. The second kappa shape index (κ2) is 8.70. The summed E-state index contributed by atoms with van der Waals surface area (Å²) >= 11 is 6.21. The number of Topliss-reactive ketones (excluding diaryl/α,β-unsaturated/α-hetero) is 1. The van der Waals surface area contributed by atoms with Crippen molar-refractivity contribution in [3.8, 4) is 0 Å². The molecule has 0 spiro atoms. The quantitative estimate of drug-likeness (QED) is 0.311. The average Bonchev–Trinajstić information content (AvgIpc) is 3.08. The normalized spacial score (nSPS) is 11.6. The lowest BCUT2D eigenvalue weighted by atomic mass is 10.1. The molecule has 4 aromatic rings. The number of anilines is 1. The van der Waals surface area contributed by atoms with Gasteiger partial charge in [-0.2, -0.15) is 4.31 Å². The van der Waals surface area contributed by atoms with Crippen molar-refractivity contribution in [3.63, 3.8) is 0 Å². The lowest BCUT2D eigenvalue weighted by molar-refractivity contribution is 0.100. The number of benzene rings is 3. The molecule has 9 heteroatoms. The van der Waals surface area contributed by atoms with E-state index in [0.29, 0.717) is 21.0 Å². The van der Waals surface area contributed by atoms with Gasteiger partial charge in [-0.05, 0) is 74.9 Å². The standard InChI is InChI=1S/C25H19ClFNO5S/c1-14-12-17(27)8-11-23(14)34(31,32)28(25(30)19-6-4-5-7-21(19)26)18-9-10-22-20(13-18)24(15(2)29)16(3)33-22/h4-13H,1-3H3. The number of aryl methyl sites for hydroxylation is 2. The van der Waals surface area contributed by atoms with Crippen LogP contribution in [-0.4, -0.2) is 20.1 Å². The first-order valence-corrected chi connectivity index (χ1v) is 12.0. The molecule has 1 aromatic heterocycles. The van der Waals surface area contributed by atoms with Gasteiger partial charge in [0.25, 0.3) is 15.9 Å². The maximum Gasteiger partial charge on any atom is 0.273 e. The third-order valence-electron chi connectivity index (χ3n) is 5.38. The zero-order valence-electron chi connectivity index (χ0n) is 18.4. The number of carbonyl (C=O) groups is 2. The monoisotopic (exact) mass is 499 g/mol. The molecule has 0 bridgehead atoms. The summed E-state index contributed by atoms with van der Waals surface area (Å²) in [5, 5.41) is 0.429. The van der Waals surface area contributed by atoms with Gasteiger partial charge in [0.05, 0.1) is 26.7 Å². The van der Waals surface area contributed by atoms with E-state index in [-0.39, 0.29) is 38.1 Å². The van der Waals surface area contributed by atoms with Gasteiger partial charge in [0.1, 0.15) is 17.2 Å². The molecule has 0 aliphatic carbocycles. The van der Waals surface area contributed by atoms with Crippen LogP contribution in [0.3, 0.4) is 0 Å². The summed E-state index contributed by atoms with van der Waals surface area (Å²) < 4.78 is 47.5. The Labute approximate surface area is 200 Å². The number of ketones is 1. The summed E-state index contributed by atoms with van der Waals surface area (Å²) in [5.41, 5.74) is 0.720. The van der Waals surface area contributed by atoms with E-state index in [4.69, 9.17) is 16.0 Å². The van der Waals surface area contributed by atoms with Crippen molar-refractivity contribution in [1.82, 2.24) is 0 Å². The number of rotatable bonds is 5. The second-order valence-corrected chi connectivity index (χ2v) is 9.90. The highest BCUT2D eigenvalue weighted by Gasteiger charge is 2.34. The predicted octanol–water partition coefficient (Wildman–Crippen LogP) is 6.08. The van der Waals surface area contributed by atoms with Crippen LogP contribution >= 0.6 is 11.6 Å². The summed E-state index contributed by atoms with van der Waals surface area (Å²) in [7, 11) is -4.52. The molecule has 0 N–H and O–H groups in total. The number of sulfonamides is 1. The lowest BCUT2D eigenvalue weighted by Crippen LogP contribution is -2.37. The topological polar surface area (TPSA) is 84.7 Å². The molecule has 0 atom stereocenters. The van der Waals surface area contributed by atoms with Gasteiger partial charge in [0, 0.05) is 5.39 Å². The van der Waals surface area contributed by atoms with Crippen molar-refractivity contribution in [2.24, 2.45) is 0 Å². The summed E-state index contributed by atoms with van der Waals surface area (Å²) in [4.78, 5) is 25.6. The van der Waals surface area contributed by atoms with Crippen LogP contribution in [-0.2, 0) is 10.0 Å². The lowest BCUT2D eigenvalue weighted by Gasteiger charge is -2.24. The highest BCUT2D eigenvalue weighted by atomic mass is 35.5. The molecule has 174 valence electrons. The molecule has 34 heavy (non-hydrogen) atoms. The smallest absolute Gasteiger partial charge is 0.273 e. The Balaban J connectivity index is 2.00. The first-order valence-electron chi connectivity index (χ1n) is 10.2. The van der Waals surface area contributed by atoms with Gasteiger partial charge >= 0.3 is 0 Å². The molecule has 0 fully saturated rings. The molecule has 1 heterocycles. The summed E-state index contributed by atoms with van der Waals surface area (Å²) in [6.07, 6.45) is 0. The van der Waals surface area contributed by atoms with E-state index in [0.717, 1.165) is 18.2 Å². The molecule has 6 nitrogen and oxygen atoms in total. The fraction of sp³-hybridized carbons (Fsp3) is 0.120. The molecule has 3 aromatic carbocycles. The molecule has 1 amide bonds. The van der Waals surface area contributed by atoms with Crippen LogP contribution in [0.5, 0.6) is 0 Å². The van der Waals surface area contributed by atoms with E-state index in [9.17, 15) is 22.4 Å². The maximum atomic E-state index is 13.8. The molecule has 0 aliphatic heterocycles. The SMILES string of the molecule is CC(=O)c1c(C)oc2ccc(N(C(=O)c3ccccc3Cl)S(=O)(=O)c3ccc(F)cc3C)cc12.